The van der Waals surface area contributed by atoms with Gasteiger partial charge < -0.3 is 14.9 Å². The van der Waals surface area contributed by atoms with Crippen molar-refractivity contribution in [2.75, 3.05) is 11.9 Å². The van der Waals surface area contributed by atoms with Gasteiger partial charge in [0, 0.05) is 5.33 Å². The third kappa shape index (κ3) is 10.3. The molecule has 5 N–H and O–H groups in total. The predicted octanol–water partition coefficient (Wildman–Crippen LogP) is 1.11. The molecule has 0 spiro atoms. The van der Waals surface area contributed by atoms with E-state index in [1.54, 1.807) is 6.92 Å². The standard InChI is InChI=1S/C6H16BrNO7P2/c1-6(9,5-7)3-2-4-14-17(12,13)15-16(8,10)11/h9H,2-5H2,1H3,(H,12,13)(H3,8,10,11). The molecule has 8 nitrogen and oxygen atoms in total. The van der Waals surface area contributed by atoms with E-state index in [1.807, 2.05) is 0 Å². The first-order chi connectivity index (χ1) is 7.47. The lowest BCUT2D eigenvalue weighted by Gasteiger charge is -2.20. The van der Waals surface area contributed by atoms with Crippen molar-refractivity contribution in [3.05, 3.63) is 0 Å². The average molecular weight is 356 g/mol. The Morgan fingerprint density at radius 3 is 2.35 bits per heavy atom. The second-order valence-corrected chi connectivity index (χ2v) is 7.22. The maximum atomic E-state index is 11.1. The van der Waals surface area contributed by atoms with Gasteiger partial charge in [-0.2, -0.15) is 4.31 Å². The van der Waals surface area contributed by atoms with Gasteiger partial charge in [0.25, 0.3) is 0 Å². The summed E-state index contributed by atoms with van der Waals surface area (Å²) in [7, 11) is -9.21. The van der Waals surface area contributed by atoms with Gasteiger partial charge in [0.2, 0.25) is 0 Å². The summed E-state index contributed by atoms with van der Waals surface area (Å²) in [4.78, 5) is 17.5. The zero-order chi connectivity index (χ0) is 13.7. The van der Waals surface area contributed by atoms with E-state index in [9.17, 15) is 14.2 Å². The van der Waals surface area contributed by atoms with Crippen molar-refractivity contribution in [1.82, 2.24) is 0 Å². The Labute approximate surface area is 107 Å². The molecule has 11 heteroatoms. The Hall–Kier alpha value is 0.700. The van der Waals surface area contributed by atoms with Crippen LogP contribution in [0.1, 0.15) is 19.8 Å². The quantitative estimate of drug-likeness (QED) is 0.288. The monoisotopic (exact) mass is 355 g/mol. The van der Waals surface area contributed by atoms with Gasteiger partial charge in [-0.3, -0.25) is 4.52 Å². The van der Waals surface area contributed by atoms with Gasteiger partial charge >= 0.3 is 15.6 Å². The molecule has 0 aliphatic carbocycles. The molecule has 3 unspecified atom stereocenters. The van der Waals surface area contributed by atoms with E-state index in [-0.39, 0.29) is 13.0 Å². The lowest BCUT2D eigenvalue weighted by atomic mass is 10.0. The van der Waals surface area contributed by atoms with Crippen LogP contribution in [0.3, 0.4) is 0 Å². The molecule has 0 amide bonds. The molecule has 0 saturated carbocycles. The van der Waals surface area contributed by atoms with Crippen molar-refractivity contribution in [2.45, 2.75) is 25.4 Å². The van der Waals surface area contributed by atoms with Crippen LogP contribution in [0.25, 0.3) is 0 Å². The normalized spacial score (nSPS) is 22.5. The fraction of sp³-hybridized carbons (Fsp3) is 1.00. The van der Waals surface area contributed by atoms with E-state index < -0.39 is 21.2 Å². The van der Waals surface area contributed by atoms with E-state index in [4.69, 9.17) is 9.79 Å². The number of phosphoric acid groups is 1. The minimum Gasteiger partial charge on any atom is -0.389 e. The molecule has 0 bridgehead atoms. The summed E-state index contributed by atoms with van der Waals surface area (Å²) in [5.41, 5.74) is 3.59. The summed E-state index contributed by atoms with van der Waals surface area (Å²) in [6, 6.07) is 0. The third-order valence-electron chi connectivity index (χ3n) is 1.62. The maximum Gasteiger partial charge on any atom is 0.480 e. The number of aliphatic hydroxyl groups is 1. The lowest BCUT2D eigenvalue weighted by Crippen LogP contribution is -2.26. The molecule has 0 fully saturated rings. The van der Waals surface area contributed by atoms with Crippen molar-refractivity contribution in [2.24, 2.45) is 5.50 Å². The van der Waals surface area contributed by atoms with Gasteiger partial charge in [-0.25, -0.2) is 14.6 Å². The average Bonchev–Trinajstić information content (AvgIpc) is 2.09. The third-order valence-corrected chi connectivity index (χ3v) is 5.10. The Bertz CT molecular complexity index is 330. The van der Waals surface area contributed by atoms with Crippen LogP contribution >= 0.6 is 31.5 Å². The van der Waals surface area contributed by atoms with Crippen molar-refractivity contribution < 1.29 is 32.9 Å². The predicted molar refractivity (Wildman–Crippen MR) is 64.5 cm³/mol. The summed E-state index contributed by atoms with van der Waals surface area (Å²) >= 11 is 3.10. The molecule has 0 aromatic carbocycles. The summed E-state index contributed by atoms with van der Waals surface area (Å²) < 4.78 is 29.8. The van der Waals surface area contributed by atoms with Crippen LogP contribution in [0.15, 0.2) is 0 Å². The van der Waals surface area contributed by atoms with Gasteiger partial charge in [0.05, 0.1) is 12.2 Å². The van der Waals surface area contributed by atoms with Crippen LogP contribution in [0.2, 0.25) is 0 Å². The van der Waals surface area contributed by atoms with Crippen LogP contribution in [-0.2, 0) is 18.0 Å². The summed E-state index contributed by atoms with van der Waals surface area (Å²) in [5.74, 6) is 0. The first-order valence-electron chi connectivity index (χ1n) is 4.56. The first-order valence-corrected chi connectivity index (χ1v) is 8.82. The molecule has 0 aromatic rings. The Morgan fingerprint density at radius 1 is 1.41 bits per heavy atom. The van der Waals surface area contributed by atoms with Crippen molar-refractivity contribution in [3.8, 4) is 0 Å². The number of hydrogen-bond donors (Lipinski definition) is 4. The fourth-order valence-corrected chi connectivity index (χ4v) is 2.88. The molecule has 0 aliphatic rings. The molecule has 17 heavy (non-hydrogen) atoms. The van der Waals surface area contributed by atoms with Gasteiger partial charge in [-0.05, 0) is 19.8 Å². The van der Waals surface area contributed by atoms with Gasteiger partial charge in [0.15, 0.2) is 0 Å². The lowest BCUT2D eigenvalue weighted by molar-refractivity contribution is 0.0678. The molecular weight excluding hydrogens is 340 g/mol. The van der Waals surface area contributed by atoms with Crippen LogP contribution in [0.5, 0.6) is 0 Å². The summed E-state index contributed by atoms with van der Waals surface area (Å²) in [6.45, 7) is 1.37. The smallest absolute Gasteiger partial charge is 0.389 e. The van der Waals surface area contributed by atoms with Gasteiger partial charge in [0.1, 0.15) is 0 Å². The Kier molecular flexibility index (Phi) is 7.02. The van der Waals surface area contributed by atoms with Gasteiger partial charge in [-0.15, -0.1) is 0 Å². The van der Waals surface area contributed by atoms with E-state index in [1.165, 1.54) is 0 Å². The van der Waals surface area contributed by atoms with E-state index in [2.05, 4.69) is 30.3 Å². The minimum absolute atomic E-state index is 0.211. The van der Waals surface area contributed by atoms with E-state index >= 15 is 0 Å². The van der Waals surface area contributed by atoms with Crippen molar-refractivity contribution in [3.63, 3.8) is 0 Å². The largest absolute Gasteiger partial charge is 0.480 e. The number of nitrogens with two attached hydrogens (primary N) is 1. The molecular formula is C6H16BrNO7P2. The number of phosphoric ester groups is 1. The van der Waals surface area contributed by atoms with Crippen LogP contribution < -0.4 is 5.50 Å². The van der Waals surface area contributed by atoms with E-state index in [0.29, 0.717) is 11.8 Å². The number of halogens is 1. The SMILES string of the molecule is CC(O)(CBr)CCCOP(=O)(O)OP(N)(=O)O. The van der Waals surface area contributed by atoms with E-state index in [0.717, 1.165) is 0 Å². The van der Waals surface area contributed by atoms with Gasteiger partial charge in [-0.1, -0.05) is 15.9 Å². The molecule has 3 atom stereocenters. The number of hydrogen-bond acceptors (Lipinski definition) is 5. The molecule has 0 rings (SSSR count). The first kappa shape index (κ1) is 17.7. The second-order valence-electron chi connectivity index (χ2n) is 3.68. The number of alkyl halides is 1. The fourth-order valence-electron chi connectivity index (χ4n) is 0.871. The molecule has 0 saturated heterocycles. The Morgan fingerprint density at radius 2 is 1.94 bits per heavy atom. The number of rotatable bonds is 8. The Balaban J connectivity index is 3.97. The highest BCUT2D eigenvalue weighted by atomic mass is 79.9. The van der Waals surface area contributed by atoms with Crippen molar-refractivity contribution >= 4 is 31.5 Å². The summed E-state index contributed by atoms with van der Waals surface area (Å²) in [5, 5.41) is 9.92. The van der Waals surface area contributed by atoms with Crippen LogP contribution in [0.4, 0.5) is 0 Å². The molecule has 0 aliphatic heterocycles. The highest BCUT2D eigenvalue weighted by Gasteiger charge is 2.30. The zero-order valence-corrected chi connectivity index (χ0v) is 12.5. The maximum absolute atomic E-state index is 11.1. The molecule has 0 radical (unpaired) electrons. The van der Waals surface area contributed by atoms with Crippen molar-refractivity contribution in [1.29, 1.82) is 0 Å². The van der Waals surface area contributed by atoms with Crippen LogP contribution in [-0.4, -0.2) is 32.4 Å². The second kappa shape index (κ2) is 6.75. The minimum atomic E-state index is -4.64. The highest BCUT2D eigenvalue weighted by Crippen LogP contribution is 2.55. The van der Waals surface area contributed by atoms with Crippen LogP contribution in [0, 0.1) is 0 Å². The molecule has 104 valence electrons. The molecule has 0 heterocycles. The summed E-state index contributed by atoms with van der Waals surface area (Å²) in [6.07, 6.45) is 0.588. The highest BCUT2D eigenvalue weighted by molar-refractivity contribution is 9.09. The topological polar surface area (TPSA) is 139 Å². The zero-order valence-electron chi connectivity index (χ0n) is 9.15. The molecule has 0 aromatic heterocycles.